The fourth-order valence-corrected chi connectivity index (χ4v) is 4.89. The molecule has 1 fully saturated rings. The van der Waals surface area contributed by atoms with E-state index in [9.17, 15) is 4.79 Å². The molecule has 0 bridgehead atoms. The normalized spacial score (nSPS) is 15.7. The van der Waals surface area contributed by atoms with Gasteiger partial charge in [0, 0.05) is 57.6 Å². The van der Waals surface area contributed by atoms with Crippen LogP contribution < -0.4 is 14.4 Å². The summed E-state index contributed by atoms with van der Waals surface area (Å²) < 4.78 is 11.0. The van der Waals surface area contributed by atoms with Gasteiger partial charge in [0.2, 0.25) is 6.79 Å². The van der Waals surface area contributed by atoms with Crippen LogP contribution in [0.2, 0.25) is 0 Å². The second kappa shape index (κ2) is 10.4. The number of hydrogen-bond donors (Lipinski definition) is 0. The van der Waals surface area contributed by atoms with Crippen molar-refractivity contribution in [1.82, 2.24) is 9.80 Å². The molecular formula is C29H33N3O3. The summed E-state index contributed by atoms with van der Waals surface area (Å²) in [6, 6.07) is 24.8. The van der Waals surface area contributed by atoms with Crippen LogP contribution in [-0.2, 0) is 13.1 Å². The van der Waals surface area contributed by atoms with Gasteiger partial charge < -0.3 is 19.3 Å². The summed E-state index contributed by atoms with van der Waals surface area (Å²) in [6.07, 6.45) is 1.91. The summed E-state index contributed by atoms with van der Waals surface area (Å²) in [6.45, 7) is 3.70. The Bertz CT molecular complexity index is 1140. The molecule has 3 aromatic carbocycles. The Hall–Kier alpha value is -3.51. The van der Waals surface area contributed by atoms with Crippen molar-refractivity contribution in [2.24, 2.45) is 0 Å². The molecule has 6 heteroatoms. The molecule has 1 amide bonds. The number of fused-ring (bicyclic) bond motifs is 1. The average Bonchev–Trinajstić information content (AvgIpc) is 3.36. The lowest BCUT2D eigenvalue weighted by atomic mass is 10.00. The molecule has 0 radical (unpaired) electrons. The third kappa shape index (κ3) is 5.43. The van der Waals surface area contributed by atoms with E-state index in [0.29, 0.717) is 23.6 Å². The molecule has 6 nitrogen and oxygen atoms in total. The van der Waals surface area contributed by atoms with Crippen LogP contribution in [-0.4, -0.2) is 55.7 Å². The first-order valence-electron chi connectivity index (χ1n) is 12.3. The van der Waals surface area contributed by atoms with E-state index < -0.39 is 0 Å². The maximum absolute atomic E-state index is 13.8. The van der Waals surface area contributed by atoms with Crippen molar-refractivity contribution in [2.45, 2.75) is 32.0 Å². The summed E-state index contributed by atoms with van der Waals surface area (Å²) in [5, 5.41) is 0. The van der Waals surface area contributed by atoms with E-state index in [4.69, 9.17) is 9.47 Å². The Morgan fingerprint density at radius 1 is 0.886 bits per heavy atom. The van der Waals surface area contributed by atoms with Crippen molar-refractivity contribution in [3.05, 3.63) is 89.5 Å². The molecule has 2 heterocycles. The van der Waals surface area contributed by atoms with Gasteiger partial charge >= 0.3 is 0 Å². The van der Waals surface area contributed by atoms with Gasteiger partial charge in [0.25, 0.3) is 5.91 Å². The van der Waals surface area contributed by atoms with Crippen LogP contribution in [0, 0.1) is 0 Å². The van der Waals surface area contributed by atoms with E-state index >= 15 is 0 Å². The molecule has 2 aliphatic rings. The number of hydrogen-bond acceptors (Lipinski definition) is 5. The zero-order valence-electron chi connectivity index (χ0n) is 20.5. The molecule has 35 heavy (non-hydrogen) atoms. The van der Waals surface area contributed by atoms with Crippen LogP contribution in [0.15, 0.2) is 72.8 Å². The highest BCUT2D eigenvalue weighted by Gasteiger charge is 2.30. The van der Waals surface area contributed by atoms with Gasteiger partial charge in [-0.3, -0.25) is 9.69 Å². The first-order chi connectivity index (χ1) is 17.1. The average molecular weight is 472 g/mol. The maximum atomic E-state index is 13.8. The Morgan fingerprint density at radius 3 is 2.31 bits per heavy atom. The molecule has 0 spiro atoms. The topological polar surface area (TPSA) is 45.3 Å². The number of benzene rings is 3. The first-order valence-corrected chi connectivity index (χ1v) is 12.3. The quantitative estimate of drug-likeness (QED) is 0.496. The van der Waals surface area contributed by atoms with Crippen molar-refractivity contribution < 1.29 is 14.3 Å². The third-order valence-electron chi connectivity index (χ3n) is 6.93. The number of rotatable bonds is 7. The van der Waals surface area contributed by atoms with Crippen molar-refractivity contribution in [3.8, 4) is 11.5 Å². The zero-order valence-corrected chi connectivity index (χ0v) is 20.5. The van der Waals surface area contributed by atoms with Gasteiger partial charge in [0.15, 0.2) is 11.5 Å². The molecule has 0 atom stereocenters. The van der Waals surface area contributed by atoms with E-state index in [0.717, 1.165) is 43.7 Å². The minimum Gasteiger partial charge on any atom is -0.454 e. The molecule has 2 aliphatic heterocycles. The van der Waals surface area contributed by atoms with E-state index in [1.165, 1.54) is 5.56 Å². The van der Waals surface area contributed by atoms with Crippen molar-refractivity contribution in [1.29, 1.82) is 0 Å². The summed E-state index contributed by atoms with van der Waals surface area (Å²) >= 11 is 0. The molecule has 0 N–H and O–H groups in total. The van der Waals surface area contributed by atoms with E-state index in [1.807, 2.05) is 32.3 Å². The molecule has 0 unspecified atom stereocenters. The van der Waals surface area contributed by atoms with Gasteiger partial charge in [-0.05, 0) is 54.3 Å². The summed E-state index contributed by atoms with van der Waals surface area (Å²) in [4.78, 5) is 20.4. The smallest absolute Gasteiger partial charge is 0.254 e. The van der Waals surface area contributed by atoms with E-state index in [1.54, 1.807) is 0 Å². The molecular weight excluding hydrogens is 438 g/mol. The van der Waals surface area contributed by atoms with Crippen LogP contribution in [0.3, 0.4) is 0 Å². The Balaban J connectivity index is 1.33. The van der Waals surface area contributed by atoms with Gasteiger partial charge in [-0.1, -0.05) is 42.5 Å². The standard InChI is InChI=1S/C29H33N3O3/c1-30(2)25-11-8-23(9-12-25)20-32(29(33)24-10-13-27-28(18-24)35-21-34-27)26-14-16-31(17-15-26)19-22-6-4-3-5-7-22/h3-13,18,26H,14-17,19-21H2,1-2H3. The van der Waals surface area contributed by atoms with Gasteiger partial charge in [0.1, 0.15) is 0 Å². The Labute approximate surface area is 207 Å². The molecule has 182 valence electrons. The monoisotopic (exact) mass is 471 g/mol. The van der Waals surface area contributed by atoms with Gasteiger partial charge in [0.05, 0.1) is 0 Å². The molecule has 3 aromatic rings. The molecule has 5 rings (SSSR count). The minimum atomic E-state index is 0.0431. The highest BCUT2D eigenvalue weighted by atomic mass is 16.7. The molecule has 0 aliphatic carbocycles. The SMILES string of the molecule is CN(C)c1ccc(CN(C(=O)c2ccc3c(c2)OCO3)C2CCN(Cc3ccccc3)CC2)cc1. The minimum absolute atomic E-state index is 0.0431. The number of carbonyl (C=O) groups excluding carboxylic acids is 1. The zero-order chi connectivity index (χ0) is 24.2. The Kier molecular flexibility index (Phi) is 6.91. The summed E-state index contributed by atoms with van der Waals surface area (Å²) in [5.41, 5.74) is 4.26. The molecule has 0 aromatic heterocycles. The van der Waals surface area contributed by atoms with Crippen LogP contribution in [0.5, 0.6) is 11.5 Å². The van der Waals surface area contributed by atoms with Crippen LogP contribution in [0.1, 0.15) is 34.3 Å². The molecule has 1 saturated heterocycles. The fraction of sp³-hybridized carbons (Fsp3) is 0.345. The summed E-state index contributed by atoms with van der Waals surface area (Å²) in [7, 11) is 4.07. The van der Waals surface area contributed by atoms with Crippen LogP contribution in [0.4, 0.5) is 5.69 Å². The number of ether oxygens (including phenoxy) is 2. The number of carbonyl (C=O) groups is 1. The van der Waals surface area contributed by atoms with Gasteiger partial charge in [-0.2, -0.15) is 0 Å². The van der Waals surface area contributed by atoms with Crippen molar-refractivity contribution >= 4 is 11.6 Å². The third-order valence-corrected chi connectivity index (χ3v) is 6.93. The largest absolute Gasteiger partial charge is 0.454 e. The number of piperidine rings is 1. The Morgan fingerprint density at radius 2 is 1.60 bits per heavy atom. The first kappa shape index (κ1) is 23.2. The second-order valence-electron chi connectivity index (χ2n) is 9.55. The van der Waals surface area contributed by atoms with Crippen LogP contribution in [0.25, 0.3) is 0 Å². The van der Waals surface area contributed by atoms with Crippen LogP contribution >= 0.6 is 0 Å². The number of nitrogens with zero attached hydrogens (tertiary/aromatic N) is 3. The number of anilines is 1. The highest BCUT2D eigenvalue weighted by molar-refractivity contribution is 5.95. The van der Waals surface area contributed by atoms with E-state index in [-0.39, 0.29) is 18.7 Å². The fourth-order valence-electron chi connectivity index (χ4n) is 4.89. The molecule has 0 saturated carbocycles. The van der Waals surface area contributed by atoms with Crippen molar-refractivity contribution in [3.63, 3.8) is 0 Å². The summed E-state index contributed by atoms with van der Waals surface area (Å²) in [5.74, 6) is 1.38. The second-order valence-corrected chi connectivity index (χ2v) is 9.55. The maximum Gasteiger partial charge on any atom is 0.254 e. The van der Waals surface area contributed by atoms with Crippen molar-refractivity contribution in [2.75, 3.05) is 38.9 Å². The van der Waals surface area contributed by atoms with Gasteiger partial charge in [-0.25, -0.2) is 0 Å². The predicted octanol–water partition coefficient (Wildman–Crippen LogP) is 4.79. The van der Waals surface area contributed by atoms with E-state index in [2.05, 4.69) is 69.3 Å². The van der Waals surface area contributed by atoms with Gasteiger partial charge in [-0.15, -0.1) is 0 Å². The number of likely N-dealkylation sites (tertiary alicyclic amines) is 1. The lowest BCUT2D eigenvalue weighted by molar-refractivity contribution is 0.0542. The number of amides is 1. The highest BCUT2D eigenvalue weighted by Crippen LogP contribution is 2.33. The lowest BCUT2D eigenvalue weighted by Gasteiger charge is -2.39. The predicted molar refractivity (Wildman–Crippen MR) is 138 cm³/mol. The lowest BCUT2D eigenvalue weighted by Crippen LogP contribution is -2.46.